The van der Waals surface area contributed by atoms with Crippen molar-refractivity contribution in [3.8, 4) is 0 Å². The highest BCUT2D eigenvalue weighted by molar-refractivity contribution is 6.31. The van der Waals surface area contributed by atoms with Gasteiger partial charge in [-0.25, -0.2) is 0 Å². The van der Waals surface area contributed by atoms with Gasteiger partial charge in [0.15, 0.2) is 5.84 Å². The third kappa shape index (κ3) is 2.86. The van der Waals surface area contributed by atoms with Crippen LogP contribution in [0.2, 0.25) is 5.02 Å². The number of nitrogens with zero attached hydrogens (tertiary/aromatic N) is 2. The first kappa shape index (κ1) is 14.6. The smallest absolute Gasteiger partial charge is 0.172 e. The highest BCUT2D eigenvalue weighted by Crippen LogP contribution is 2.28. The molecule has 0 aromatic heterocycles. The van der Waals surface area contributed by atoms with Crippen molar-refractivity contribution < 1.29 is 10.3 Å². The van der Waals surface area contributed by atoms with Crippen LogP contribution in [0.1, 0.15) is 19.4 Å². The summed E-state index contributed by atoms with van der Waals surface area (Å²) < 4.78 is 0. The molecule has 0 radical (unpaired) electrons. The number of anilines is 1. The number of benzene rings is 1. The Balaban J connectivity index is 3.34. The van der Waals surface area contributed by atoms with E-state index >= 15 is 0 Å². The number of amidine groups is 1. The Kier molecular flexibility index (Phi) is 4.43. The van der Waals surface area contributed by atoms with Crippen molar-refractivity contribution in [1.82, 2.24) is 0 Å². The SMILES string of the molecule is CN(c1cc(Cl)ccc1/C(N)=N/O)C(C)(C)CO. The summed E-state index contributed by atoms with van der Waals surface area (Å²) in [4.78, 5) is 1.84. The lowest BCUT2D eigenvalue weighted by Crippen LogP contribution is -2.45. The minimum absolute atomic E-state index is 0.00209. The van der Waals surface area contributed by atoms with E-state index in [9.17, 15) is 5.11 Å². The van der Waals surface area contributed by atoms with Crippen molar-refractivity contribution in [1.29, 1.82) is 0 Å². The van der Waals surface area contributed by atoms with E-state index in [4.69, 9.17) is 22.5 Å². The van der Waals surface area contributed by atoms with Gasteiger partial charge in [0.1, 0.15) is 0 Å². The van der Waals surface area contributed by atoms with Crippen molar-refractivity contribution in [3.63, 3.8) is 0 Å². The molecule has 0 bridgehead atoms. The average Bonchev–Trinajstić information content (AvgIpc) is 2.36. The zero-order valence-corrected chi connectivity index (χ0v) is 11.4. The normalized spacial score (nSPS) is 12.6. The van der Waals surface area contributed by atoms with Gasteiger partial charge in [-0.2, -0.15) is 0 Å². The molecule has 0 unspecified atom stereocenters. The summed E-state index contributed by atoms with van der Waals surface area (Å²) in [6, 6.07) is 5.06. The molecular weight excluding hydrogens is 254 g/mol. The second kappa shape index (κ2) is 5.46. The fraction of sp³-hybridized carbons (Fsp3) is 0.417. The number of aliphatic hydroxyl groups is 1. The second-order valence-electron chi connectivity index (χ2n) is 4.68. The predicted molar refractivity (Wildman–Crippen MR) is 73.5 cm³/mol. The zero-order chi connectivity index (χ0) is 13.9. The van der Waals surface area contributed by atoms with Crippen LogP contribution in [0.5, 0.6) is 0 Å². The summed E-state index contributed by atoms with van der Waals surface area (Å²) in [6.07, 6.45) is 0. The first-order chi connectivity index (χ1) is 8.33. The molecule has 0 heterocycles. The van der Waals surface area contributed by atoms with Crippen molar-refractivity contribution in [2.75, 3.05) is 18.6 Å². The van der Waals surface area contributed by atoms with Gasteiger partial charge in [-0.15, -0.1) is 0 Å². The third-order valence-corrected chi connectivity index (χ3v) is 3.23. The van der Waals surface area contributed by atoms with Gasteiger partial charge in [-0.1, -0.05) is 16.8 Å². The number of likely N-dealkylation sites (N-methyl/N-ethyl adjacent to an activating group) is 1. The average molecular weight is 272 g/mol. The van der Waals surface area contributed by atoms with Crippen molar-refractivity contribution in [2.45, 2.75) is 19.4 Å². The number of nitrogens with two attached hydrogens (primary N) is 1. The van der Waals surface area contributed by atoms with Gasteiger partial charge < -0.3 is 20.9 Å². The Hall–Kier alpha value is -1.46. The Labute approximate surface area is 111 Å². The second-order valence-corrected chi connectivity index (χ2v) is 5.11. The number of halogens is 1. The van der Waals surface area contributed by atoms with Crippen LogP contribution in [0.25, 0.3) is 0 Å². The maximum Gasteiger partial charge on any atom is 0.172 e. The van der Waals surface area contributed by atoms with E-state index in [1.165, 1.54) is 0 Å². The van der Waals surface area contributed by atoms with E-state index in [0.717, 1.165) is 0 Å². The lowest BCUT2D eigenvalue weighted by Gasteiger charge is -2.37. The Morgan fingerprint density at radius 1 is 1.50 bits per heavy atom. The van der Waals surface area contributed by atoms with Crippen LogP contribution in [0.15, 0.2) is 23.4 Å². The zero-order valence-electron chi connectivity index (χ0n) is 10.7. The van der Waals surface area contributed by atoms with Crippen molar-refractivity contribution in [2.24, 2.45) is 10.9 Å². The quantitative estimate of drug-likeness (QED) is 0.337. The number of aliphatic hydroxyl groups excluding tert-OH is 1. The molecule has 4 N–H and O–H groups in total. The largest absolute Gasteiger partial charge is 0.409 e. The van der Waals surface area contributed by atoms with Crippen LogP contribution in [-0.2, 0) is 0 Å². The number of hydrogen-bond acceptors (Lipinski definition) is 4. The van der Waals surface area contributed by atoms with Crippen LogP contribution in [0.4, 0.5) is 5.69 Å². The van der Waals surface area contributed by atoms with E-state index in [0.29, 0.717) is 16.3 Å². The van der Waals surface area contributed by atoms with Crippen LogP contribution < -0.4 is 10.6 Å². The molecule has 0 amide bonds. The molecule has 0 fully saturated rings. The lowest BCUT2D eigenvalue weighted by atomic mass is 10.0. The van der Waals surface area contributed by atoms with Crippen LogP contribution in [-0.4, -0.2) is 35.3 Å². The minimum Gasteiger partial charge on any atom is -0.409 e. The number of hydrogen-bond donors (Lipinski definition) is 3. The molecule has 1 rings (SSSR count). The summed E-state index contributed by atoms with van der Waals surface area (Å²) in [7, 11) is 1.82. The predicted octanol–water partition coefficient (Wildman–Crippen LogP) is 1.64. The molecule has 100 valence electrons. The Bertz CT molecular complexity index is 461. The first-order valence-electron chi connectivity index (χ1n) is 5.45. The van der Waals surface area contributed by atoms with Gasteiger partial charge in [-0.3, -0.25) is 0 Å². The van der Waals surface area contributed by atoms with E-state index in [1.54, 1.807) is 18.2 Å². The topological polar surface area (TPSA) is 82.1 Å². The Morgan fingerprint density at radius 2 is 2.11 bits per heavy atom. The summed E-state index contributed by atoms with van der Waals surface area (Å²) >= 11 is 5.97. The highest BCUT2D eigenvalue weighted by Gasteiger charge is 2.25. The summed E-state index contributed by atoms with van der Waals surface area (Å²) in [5.41, 5.74) is 6.40. The number of oxime groups is 1. The molecule has 0 saturated heterocycles. The fourth-order valence-corrected chi connectivity index (χ4v) is 1.65. The van der Waals surface area contributed by atoms with Crippen molar-refractivity contribution in [3.05, 3.63) is 28.8 Å². The van der Waals surface area contributed by atoms with E-state index in [2.05, 4.69) is 5.16 Å². The van der Waals surface area contributed by atoms with Gasteiger partial charge in [0, 0.05) is 23.3 Å². The van der Waals surface area contributed by atoms with E-state index in [1.807, 2.05) is 25.8 Å². The molecule has 5 nitrogen and oxygen atoms in total. The molecule has 0 spiro atoms. The summed E-state index contributed by atoms with van der Waals surface area (Å²) in [5, 5.41) is 21.7. The fourth-order valence-electron chi connectivity index (χ4n) is 1.48. The number of rotatable bonds is 4. The van der Waals surface area contributed by atoms with Gasteiger partial charge in [0.05, 0.1) is 12.1 Å². The molecule has 0 saturated carbocycles. The van der Waals surface area contributed by atoms with E-state index in [-0.39, 0.29) is 12.4 Å². The molecule has 0 aliphatic heterocycles. The van der Waals surface area contributed by atoms with E-state index < -0.39 is 5.54 Å². The maximum absolute atomic E-state index is 9.40. The molecule has 0 atom stereocenters. The monoisotopic (exact) mass is 271 g/mol. The third-order valence-electron chi connectivity index (χ3n) is 3.00. The Morgan fingerprint density at radius 3 is 2.61 bits per heavy atom. The molecule has 6 heteroatoms. The minimum atomic E-state index is -0.491. The lowest BCUT2D eigenvalue weighted by molar-refractivity contribution is 0.216. The summed E-state index contributed by atoms with van der Waals surface area (Å²) in [5.74, 6) is 0.00209. The maximum atomic E-state index is 9.40. The molecule has 1 aromatic rings. The van der Waals surface area contributed by atoms with Gasteiger partial charge in [-0.05, 0) is 32.0 Å². The van der Waals surface area contributed by atoms with Crippen LogP contribution in [0.3, 0.4) is 0 Å². The molecule has 0 aliphatic rings. The van der Waals surface area contributed by atoms with Crippen LogP contribution >= 0.6 is 11.6 Å². The molecular formula is C12H18ClN3O2. The van der Waals surface area contributed by atoms with Gasteiger partial charge >= 0.3 is 0 Å². The van der Waals surface area contributed by atoms with Gasteiger partial charge in [0.2, 0.25) is 0 Å². The standard InChI is InChI=1S/C12H18ClN3O2/c1-12(2,7-17)16(3)10-6-8(13)4-5-9(10)11(14)15-18/h4-6,17-18H,7H2,1-3H3,(H2,14,15). The van der Waals surface area contributed by atoms with Gasteiger partial charge in [0.25, 0.3) is 0 Å². The highest BCUT2D eigenvalue weighted by atomic mass is 35.5. The van der Waals surface area contributed by atoms with Crippen molar-refractivity contribution >= 4 is 23.1 Å². The first-order valence-corrected chi connectivity index (χ1v) is 5.83. The summed E-state index contributed by atoms with van der Waals surface area (Å²) in [6.45, 7) is 3.72. The van der Waals surface area contributed by atoms with Crippen LogP contribution in [0, 0.1) is 0 Å². The molecule has 18 heavy (non-hydrogen) atoms. The molecule has 1 aromatic carbocycles. The molecule has 0 aliphatic carbocycles.